The molecule has 0 saturated heterocycles. The molecule has 6 heteroatoms. The van der Waals surface area contributed by atoms with Gasteiger partial charge in [-0.3, -0.25) is 4.79 Å². The van der Waals surface area contributed by atoms with Gasteiger partial charge in [-0.15, -0.1) is 0 Å². The highest BCUT2D eigenvalue weighted by molar-refractivity contribution is 5.74. The average molecular weight is 224 g/mol. The molecule has 1 aromatic carbocycles. The fraction of sp³-hybridized carbons (Fsp3) is 0.300. The van der Waals surface area contributed by atoms with Crippen LogP contribution < -0.4 is 15.2 Å². The second kappa shape index (κ2) is 3.99. The van der Waals surface area contributed by atoms with Gasteiger partial charge >= 0.3 is 5.97 Å². The number of carbonyl (C=O) groups is 1. The van der Waals surface area contributed by atoms with Crippen LogP contribution in [0.2, 0.25) is 0 Å². The molecule has 0 bridgehead atoms. The summed E-state index contributed by atoms with van der Waals surface area (Å²) in [6.45, 7) is 0.109. The molecule has 2 unspecified atom stereocenters. The Bertz CT molecular complexity index is 420. The predicted octanol–water partition coefficient (Wildman–Crippen LogP) is 0.185. The number of carboxylic acids is 1. The Morgan fingerprint density at radius 2 is 2.06 bits per heavy atom. The molecule has 1 radical (unpaired) electrons. The monoisotopic (exact) mass is 224 g/mol. The van der Waals surface area contributed by atoms with Crippen molar-refractivity contribution in [3.8, 4) is 11.5 Å². The van der Waals surface area contributed by atoms with Crippen molar-refractivity contribution in [2.75, 3.05) is 6.79 Å². The van der Waals surface area contributed by atoms with Gasteiger partial charge in [-0.1, -0.05) is 6.07 Å². The van der Waals surface area contributed by atoms with E-state index in [0.717, 1.165) is 0 Å². The summed E-state index contributed by atoms with van der Waals surface area (Å²) in [6, 6.07) is 2.97. The maximum atomic E-state index is 10.5. The number of nitrogens with one attached hydrogen (secondary N) is 1. The number of ether oxygens (including phenoxy) is 2. The molecule has 1 aromatic rings. The zero-order valence-corrected chi connectivity index (χ0v) is 8.21. The zero-order chi connectivity index (χ0) is 11.7. The Labute approximate surface area is 91.2 Å². The number of rotatable bonds is 3. The highest BCUT2D eigenvalue weighted by atomic mass is 16.7. The van der Waals surface area contributed by atoms with Crippen molar-refractivity contribution in [3.05, 3.63) is 23.8 Å². The minimum absolute atomic E-state index is 0.109. The molecule has 16 heavy (non-hydrogen) atoms. The van der Waals surface area contributed by atoms with Gasteiger partial charge < -0.3 is 19.7 Å². The molecule has 1 aliphatic rings. The van der Waals surface area contributed by atoms with Crippen LogP contribution in [0.15, 0.2) is 18.2 Å². The van der Waals surface area contributed by atoms with Crippen molar-refractivity contribution in [1.29, 1.82) is 0 Å². The van der Waals surface area contributed by atoms with Gasteiger partial charge in [-0.05, 0) is 17.7 Å². The maximum Gasteiger partial charge on any atom is 0.325 e. The van der Waals surface area contributed by atoms with E-state index in [1.807, 2.05) is 0 Å². The van der Waals surface area contributed by atoms with Gasteiger partial charge in [-0.25, -0.2) is 5.73 Å². The number of aliphatic hydroxyl groups is 1. The first-order chi connectivity index (χ1) is 7.59. The van der Waals surface area contributed by atoms with E-state index in [1.54, 1.807) is 6.07 Å². The van der Waals surface area contributed by atoms with Crippen LogP contribution in [0.3, 0.4) is 0 Å². The summed E-state index contributed by atoms with van der Waals surface area (Å²) in [7, 11) is 0. The Morgan fingerprint density at radius 1 is 1.38 bits per heavy atom. The van der Waals surface area contributed by atoms with Crippen molar-refractivity contribution in [2.24, 2.45) is 0 Å². The van der Waals surface area contributed by atoms with Crippen LogP contribution in [0, 0.1) is 0 Å². The van der Waals surface area contributed by atoms with E-state index in [2.05, 4.69) is 0 Å². The number of benzene rings is 1. The Kier molecular flexibility index (Phi) is 2.67. The van der Waals surface area contributed by atoms with E-state index in [-0.39, 0.29) is 6.79 Å². The largest absolute Gasteiger partial charge is 0.480 e. The molecule has 0 saturated carbocycles. The summed E-state index contributed by atoms with van der Waals surface area (Å²) >= 11 is 0. The molecule has 1 aliphatic heterocycles. The third-order valence-corrected chi connectivity index (χ3v) is 2.32. The van der Waals surface area contributed by atoms with Crippen LogP contribution >= 0.6 is 0 Å². The van der Waals surface area contributed by atoms with Gasteiger partial charge in [0.25, 0.3) is 0 Å². The lowest BCUT2D eigenvalue weighted by Gasteiger charge is -2.14. The van der Waals surface area contributed by atoms with Crippen molar-refractivity contribution in [1.82, 2.24) is 5.73 Å². The predicted molar refractivity (Wildman–Crippen MR) is 52.0 cm³/mol. The highest BCUT2D eigenvalue weighted by Gasteiger charge is 2.26. The summed E-state index contributed by atoms with van der Waals surface area (Å²) in [4.78, 5) is 10.5. The zero-order valence-electron chi connectivity index (χ0n) is 8.21. The van der Waals surface area contributed by atoms with Crippen molar-refractivity contribution in [3.63, 3.8) is 0 Å². The topological polar surface area (TPSA) is 99.8 Å². The van der Waals surface area contributed by atoms with Crippen molar-refractivity contribution >= 4 is 5.97 Å². The average Bonchev–Trinajstić information content (AvgIpc) is 2.73. The normalized spacial score (nSPS) is 16.9. The first kappa shape index (κ1) is 10.7. The standard InChI is InChI=1S/C10H10NO5/c11-8(10(13)14)9(12)5-1-2-6-7(3-5)16-4-15-6/h1-3,8-9,11-12H,4H2,(H,13,14). The molecule has 3 N–H and O–H groups in total. The first-order valence-electron chi connectivity index (χ1n) is 4.61. The minimum atomic E-state index is -1.61. The molecule has 85 valence electrons. The number of aliphatic hydroxyl groups excluding tert-OH is 1. The van der Waals surface area contributed by atoms with Gasteiger partial charge in [0.15, 0.2) is 11.5 Å². The van der Waals surface area contributed by atoms with Crippen molar-refractivity contribution < 1.29 is 24.5 Å². The van der Waals surface area contributed by atoms with Crippen LogP contribution in [0.1, 0.15) is 11.7 Å². The third kappa shape index (κ3) is 1.80. The lowest BCUT2D eigenvalue weighted by molar-refractivity contribution is -0.141. The number of aliphatic carboxylic acids is 1. The van der Waals surface area contributed by atoms with Crippen LogP contribution in [-0.4, -0.2) is 29.0 Å². The number of hydrogen-bond acceptors (Lipinski definition) is 4. The molecule has 0 aliphatic carbocycles. The molecule has 0 fully saturated rings. The lowest BCUT2D eigenvalue weighted by atomic mass is 10.0. The lowest BCUT2D eigenvalue weighted by Crippen LogP contribution is -2.29. The minimum Gasteiger partial charge on any atom is -0.480 e. The highest BCUT2D eigenvalue weighted by Crippen LogP contribution is 2.34. The van der Waals surface area contributed by atoms with Gasteiger partial charge in [-0.2, -0.15) is 0 Å². The van der Waals surface area contributed by atoms with Crippen LogP contribution in [0.4, 0.5) is 0 Å². The third-order valence-electron chi connectivity index (χ3n) is 2.32. The van der Waals surface area contributed by atoms with E-state index < -0.39 is 18.1 Å². The smallest absolute Gasteiger partial charge is 0.325 e. The molecule has 0 aromatic heterocycles. The van der Waals surface area contributed by atoms with E-state index >= 15 is 0 Å². The molecule has 0 spiro atoms. The summed E-state index contributed by atoms with van der Waals surface area (Å²) < 4.78 is 10.2. The fourth-order valence-corrected chi connectivity index (χ4v) is 1.42. The quantitative estimate of drug-likeness (QED) is 0.763. The summed E-state index contributed by atoms with van der Waals surface area (Å²) in [6.07, 6.45) is -1.38. The Hall–Kier alpha value is -1.79. The van der Waals surface area contributed by atoms with Gasteiger partial charge in [0, 0.05) is 0 Å². The van der Waals surface area contributed by atoms with E-state index in [1.165, 1.54) is 12.1 Å². The summed E-state index contributed by atoms with van der Waals surface area (Å²) in [5, 5.41) is 18.2. The second-order valence-electron chi connectivity index (χ2n) is 3.37. The van der Waals surface area contributed by atoms with E-state index in [9.17, 15) is 9.90 Å². The van der Waals surface area contributed by atoms with Crippen LogP contribution in [0.5, 0.6) is 11.5 Å². The van der Waals surface area contributed by atoms with Gasteiger partial charge in [0.1, 0.15) is 12.1 Å². The van der Waals surface area contributed by atoms with Crippen LogP contribution in [-0.2, 0) is 4.79 Å². The van der Waals surface area contributed by atoms with Gasteiger partial charge in [0.05, 0.1) is 0 Å². The van der Waals surface area contributed by atoms with Crippen LogP contribution in [0.25, 0.3) is 0 Å². The van der Waals surface area contributed by atoms with E-state index in [0.29, 0.717) is 17.1 Å². The fourth-order valence-electron chi connectivity index (χ4n) is 1.42. The SMILES string of the molecule is [NH]C(C(=O)O)C(O)c1ccc2c(c1)OCO2. The molecule has 6 nitrogen and oxygen atoms in total. The first-order valence-corrected chi connectivity index (χ1v) is 4.61. The number of carboxylic acid groups (broad SMARTS) is 1. The molecule has 2 atom stereocenters. The number of hydrogen-bond donors (Lipinski definition) is 2. The molecular weight excluding hydrogens is 214 g/mol. The molecular formula is C10H10NO5. The summed E-state index contributed by atoms with van der Waals surface area (Å²) in [5.74, 6) is -0.368. The maximum absolute atomic E-state index is 10.5. The second-order valence-corrected chi connectivity index (χ2v) is 3.37. The Morgan fingerprint density at radius 3 is 2.75 bits per heavy atom. The summed E-state index contributed by atoms with van der Waals surface area (Å²) in [5.41, 5.74) is 7.57. The van der Waals surface area contributed by atoms with Gasteiger partial charge in [0.2, 0.25) is 6.79 Å². The molecule has 1 heterocycles. The molecule has 0 amide bonds. The van der Waals surface area contributed by atoms with Crippen molar-refractivity contribution in [2.45, 2.75) is 12.1 Å². The van der Waals surface area contributed by atoms with E-state index in [4.69, 9.17) is 20.3 Å². The number of fused-ring (bicyclic) bond motifs is 1. The Balaban J connectivity index is 2.24. The molecule has 2 rings (SSSR count).